The van der Waals surface area contributed by atoms with Gasteiger partial charge >= 0.3 is 0 Å². The zero-order chi connectivity index (χ0) is 11.8. The summed E-state index contributed by atoms with van der Waals surface area (Å²) in [6.45, 7) is 6.30. The molecule has 86 valence electrons. The third-order valence-electron chi connectivity index (χ3n) is 2.28. The minimum Gasteiger partial charge on any atom is -0.462 e. The van der Waals surface area contributed by atoms with Gasteiger partial charge in [-0.25, -0.2) is 4.98 Å². The molecule has 0 spiro atoms. The van der Waals surface area contributed by atoms with Gasteiger partial charge in [0.05, 0.1) is 23.4 Å². The van der Waals surface area contributed by atoms with Crippen LogP contribution in [0.15, 0.2) is 22.8 Å². The van der Waals surface area contributed by atoms with Crippen molar-refractivity contribution in [2.24, 2.45) is 0 Å². The summed E-state index contributed by atoms with van der Waals surface area (Å²) in [5.74, 6) is 0.759. The van der Waals surface area contributed by atoms with Crippen molar-refractivity contribution >= 4 is 11.3 Å². The second-order valence-electron chi connectivity index (χ2n) is 4.68. The molecule has 16 heavy (non-hydrogen) atoms. The summed E-state index contributed by atoms with van der Waals surface area (Å²) in [5, 5.41) is 10.2. The summed E-state index contributed by atoms with van der Waals surface area (Å²) in [5.41, 5.74) is 0.894. The van der Waals surface area contributed by atoms with E-state index in [2.05, 4.69) is 25.8 Å². The van der Waals surface area contributed by atoms with Gasteiger partial charge in [0.15, 0.2) is 10.8 Å². The zero-order valence-corrected chi connectivity index (χ0v) is 10.5. The van der Waals surface area contributed by atoms with Crippen LogP contribution < -0.4 is 0 Å². The molecular formula is C12H15NO2S. The summed E-state index contributed by atoms with van der Waals surface area (Å²) >= 11 is 1.49. The highest BCUT2D eigenvalue weighted by molar-refractivity contribution is 7.15. The third-order valence-corrected chi connectivity index (χ3v) is 3.34. The Balaban J connectivity index is 2.48. The Hall–Kier alpha value is -1.13. The molecule has 0 aliphatic rings. The van der Waals surface area contributed by atoms with E-state index in [1.165, 1.54) is 11.3 Å². The van der Waals surface area contributed by atoms with Gasteiger partial charge < -0.3 is 9.52 Å². The predicted molar refractivity (Wildman–Crippen MR) is 64.4 cm³/mol. The molecule has 0 saturated heterocycles. The average molecular weight is 237 g/mol. The monoisotopic (exact) mass is 237 g/mol. The van der Waals surface area contributed by atoms with E-state index in [1.54, 1.807) is 6.26 Å². The fourth-order valence-electron chi connectivity index (χ4n) is 1.55. The molecule has 2 aromatic rings. The lowest BCUT2D eigenvalue weighted by Gasteiger charge is -2.16. The lowest BCUT2D eigenvalue weighted by Crippen LogP contribution is -2.14. The molecule has 0 fully saturated rings. The number of thiazole rings is 1. The molecule has 0 unspecified atom stereocenters. The van der Waals surface area contributed by atoms with Crippen LogP contribution in [0.5, 0.6) is 0 Å². The van der Waals surface area contributed by atoms with Crippen molar-refractivity contribution in [3.63, 3.8) is 0 Å². The second-order valence-corrected chi connectivity index (χ2v) is 5.76. The van der Waals surface area contributed by atoms with E-state index in [4.69, 9.17) is 4.42 Å². The van der Waals surface area contributed by atoms with Crippen molar-refractivity contribution in [3.05, 3.63) is 29.0 Å². The zero-order valence-electron chi connectivity index (χ0n) is 9.65. The molecule has 2 aromatic heterocycles. The van der Waals surface area contributed by atoms with E-state index in [9.17, 15) is 5.11 Å². The molecule has 2 heterocycles. The molecule has 0 aliphatic heterocycles. The molecule has 0 saturated carbocycles. The number of aliphatic hydroxyl groups is 1. The van der Waals surface area contributed by atoms with Gasteiger partial charge in [0.2, 0.25) is 0 Å². The number of furan rings is 1. The largest absolute Gasteiger partial charge is 0.462 e. The van der Waals surface area contributed by atoms with Crippen molar-refractivity contribution < 1.29 is 9.52 Å². The minimum atomic E-state index is -0.0561. The van der Waals surface area contributed by atoms with Crippen LogP contribution in [0, 0.1) is 0 Å². The fraction of sp³-hybridized carbons (Fsp3) is 0.417. The van der Waals surface area contributed by atoms with Crippen LogP contribution in [-0.2, 0) is 12.0 Å². The van der Waals surface area contributed by atoms with Crippen LogP contribution in [0.2, 0.25) is 0 Å². The maximum Gasteiger partial charge on any atom is 0.162 e. The average Bonchev–Trinajstić information content (AvgIpc) is 2.85. The van der Waals surface area contributed by atoms with Crippen molar-refractivity contribution in [2.75, 3.05) is 0 Å². The number of aliphatic hydroxyl groups excluding tert-OH is 1. The molecule has 0 atom stereocenters. The number of nitrogens with zero attached hydrogens (tertiary/aromatic N) is 1. The van der Waals surface area contributed by atoms with Crippen LogP contribution in [-0.4, -0.2) is 10.1 Å². The molecule has 0 amide bonds. The van der Waals surface area contributed by atoms with E-state index in [0.29, 0.717) is 0 Å². The standard InChI is InChI=1S/C12H15NO2S/c1-12(2,3)10-9(7-14)16-11(13-10)8-5-4-6-15-8/h4-6,14H,7H2,1-3H3. The summed E-state index contributed by atoms with van der Waals surface area (Å²) < 4.78 is 5.31. The number of rotatable bonds is 2. The van der Waals surface area contributed by atoms with Crippen LogP contribution in [0.4, 0.5) is 0 Å². The lowest BCUT2D eigenvalue weighted by molar-refractivity contribution is 0.282. The number of aromatic nitrogens is 1. The van der Waals surface area contributed by atoms with Crippen LogP contribution >= 0.6 is 11.3 Å². The first-order valence-electron chi connectivity index (χ1n) is 5.17. The van der Waals surface area contributed by atoms with Gasteiger partial charge in [-0.05, 0) is 12.1 Å². The van der Waals surface area contributed by atoms with Gasteiger partial charge in [-0.3, -0.25) is 0 Å². The van der Waals surface area contributed by atoms with Crippen LogP contribution in [0.1, 0.15) is 31.3 Å². The summed E-state index contributed by atoms with van der Waals surface area (Å²) in [6, 6.07) is 3.72. The summed E-state index contributed by atoms with van der Waals surface area (Å²) in [7, 11) is 0. The molecule has 1 N–H and O–H groups in total. The quantitative estimate of drug-likeness (QED) is 0.872. The van der Waals surface area contributed by atoms with Crippen molar-refractivity contribution in [1.82, 2.24) is 4.98 Å². The van der Waals surface area contributed by atoms with Gasteiger partial charge in [0.1, 0.15) is 0 Å². The Morgan fingerprint density at radius 3 is 2.62 bits per heavy atom. The van der Waals surface area contributed by atoms with Gasteiger partial charge in [0, 0.05) is 5.41 Å². The Morgan fingerprint density at radius 1 is 1.44 bits per heavy atom. The number of hydrogen-bond donors (Lipinski definition) is 1. The predicted octanol–water partition coefficient (Wildman–Crippen LogP) is 3.19. The van der Waals surface area contributed by atoms with E-state index in [0.717, 1.165) is 21.3 Å². The first-order valence-corrected chi connectivity index (χ1v) is 5.99. The fourth-order valence-corrected chi connectivity index (χ4v) is 2.65. The Morgan fingerprint density at radius 2 is 2.19 bits per heavy atom. The molecule has 0 aliphatic carbocycles. The maximum absolute atomic E-state index is 9.33. The first-order chi connectivity index (χ1) is 7.52. The molecule has 0 aromatic carbocycles. The van der Waals surface area contributed by atoms with E-state index in [-0.39, 0.29) is 12.0 Å². The molecule has 0 bridgehead atoms. The van der Waals surface area contributed by atoms with E-state index in [1.807, 2.05) is 12.1 Å². The molecular weight excluding hydrogens is 222 g/mol. The third kappa shape index (κ3) is 2.03. The SMILES string of the molecule is CC(C)(C)c1nc(-c2ccco2)sc1CO. The van der Waals surface area contributed by atoms with Gasteiger partial charge in [-0.2, -0.15) is 0 Å². The van der Waals surface area contributed by atoms with Crippen LogP contribution in [0.3, 0.4) is 0 Å². The molecule has 4 heteroatoms. The van der Waals surface area contributed by atoms with E-state index < -0.39 is 0 Å². The first kappa shape index (κ1) is 11.4. The molecule has 0 radical (unpaired) electrons. The Labute approximate surface area is 98.8 Å². The van der Waals surface area contributed by atoms with Gasteiger partial charge in [-0.15, -0.1) is 11.3 Å². The van der Waals surface area contributed by atoms with Gasteiger partial charge in [-0.1, -0.05) is 20.8 Å². The summed E-state index contributed by atoms with van der Waals surface area (Å²) in [6.07, 6.45) is 1.63. The normalized spacial score (nSPS) is 12.0. The maximum atomic E-state index is 9.33. The van der Waals surface area contributed by atoms with Crippen LogP contribution in [0.25, 0.3) is 10.8 Å². The Kier molecular flexibility index (Phi) is 2.86. The highest BCUT2D eigenvalue weighted by Gasteiger charge is 2.23. The smallest absolute Gasteiger partial charge is 0.162 e. The molecule has 2 rings (SSSR count). The van der Waals surface area contributed by atoms with Gasteiger partial charge in [0.25, 0.3) is 0 Å². The van der Waals surface area contributed by atoms with Crippen molar-refractivity contribution in [3.8, 4) is 10.8 Å². The second kappa shape index (κ2) is 4.03. The molecule has 3 nitrogen and oxygen atoms in total. The van der Waals surface area contributed by atoms with Crippen molar-refractivity contribution in [2.45, 2.75) is 32.8 Å². The Bertz CT molecular complexity index is 466. The minimum absolute atomic E-state index is 0.0327. The number of hydrogen-bond acceptors (Lipinski definition) is 4. The lowest BCUT2D eigenvalue weighted by atomic mass is 9.91. The van der Waals surface area contributed by atoms with E-state index >= 15 is 0 Å². The highest BCUT2D eigenvalue weighted by Crippen LogP contribution is 2.34. The summed E-state index contributed by atoms with van der Waals surface area (Å²) in [4.78, 5) is 5.48. The topological polar surface area (TPSA) is 46.3 Å². The highest BCUT2D eigenvalue weighted by atomic mass is 32.1. The van der Waals surface area contributed by atoms with Crippen molar-refractivity contribution in [1.29, 1.82) is 0 Å².